The number of aromatic nitrogens is 3. The van der Waals surface area contributed by atoms with Gasteiger partial charge in [-0.1, -0.05) is 17.7 Å². The molecule has 3 N–H and O–H groups in total. The average molecular weight is 416 g/mol. The number of hydrogen-bond donors (Lipinski definition) is 3. The van der Waals surface area contributed by atoms with E-state index in [1.54, 1.807) is 19.1 Å². The summed E-state index contributed by atoms with van der Waals surface area (Å²) < 4.78 is 27.9. The highest BCUT2D eigenvalue weighted by molar-refractivity contribution is 7.92. The van der Waals surface area contributed by atoms with Gasteiger partial charge in [0.05, 0.1) is 15.5 Å². The molecule has 0 aliphatic rings. The summed E-state index contributed by atoms with van der Waals surface area (Å²) in [4.78, 5) is 14.6. The normalized spacial score (nSPS) is 11.2. The number of H-pyrrole nitrogens is 1. The summed E-state index contributed by atoms with van der Waals surface area (Å²) >= 11 is 0. The number of aromatic amines is 1. The fraction of sp³-hybridized carbons (Fsp3) is 0.222. The van der Waals surface area contributed by atoms with Crippen LogP contribution in [-0.4, -0.2) is 35.1 Å². The van der Waals surface area contributed by atoms with Gasteiger partial charge in [0.15, 0.2) is 0 Å². The van der Waals surface area contributed by atoms with Gasteiger partial charge in [-0.25, -0.2) is 13.4 Å². The fourth-order valence-corrected chi connectivity index (χ4v) is 3.93. The topological polar surface area (TPSA) is 143 Å². The molecule has 0 saturated carbocycles. The van der Waals surface area contributed by atoms with Crippen molar-refractivity contribution in [2.45, 2.75) is 25.2 Å². The number of aryl methyl sites for hydroxylation is 2. The number of nitrogens with one attached hydrogen (secondary N) is 3. The standard InChI is InChI=1S/C18H20N6O4S/c1-12-3-5-15(13(2)9-12)23-29(27,28)14-4-6-16(17(10-14)24(25)26)19-8-7-18-20-11-21-22-18/h3-6,9-11,19,23H,7-8H2,1-2H3,(H,20,21,22). The smallest absolute Gasteiger partial charge is 0.293 e. The van der Waals surface area contributed by atoms with E-state index in [-0.39, 0.29) is 16.3 Å². The first kappa shape index (κ1) is 20.3. The molecule has 3 aromatic rings. The van der Waals surface area contributed by atoms with Crippen LogP contribution in [0.5, 0.6) is 0 Å². The van der Waals surface area contributed by atoms with Gasteiger partial charge >= 0.3 is 0 Å². The molecule has 152 valence electrons. The molecule has 0 bridgehead atoms. The van der Waals surface area contributed by atoms with Gasteiger partial charge in [-0.2, -0.15) is 5.10 Å². The maximum absolute atomic E-state index is 12.7. The molecular weight excluding hydrogens is 396 g/mol. The summed E-state index contributed by atoms with van der Waals surface area (Å²) in [6.07, 6.45) is 1.85. The zero-order valence-electron chi connectivity index (χ0n) is 15.8. The molecular formula is C18H20N6O4S. The number of sulfonamides is 1. The molecule has 3 rings (SSSR count). The van der Waals surface area contributed by atoms with Gasteiger partial charge in [-0.3, -0.25) is 19.9 Å². The van der Waals surface area contributed by atoms with Crippen LogP contribution >= 0.6 is 0 Å². The second kappa shape index (κ2) is 8.27. The predicted octanol–water partition coefficient (Wildman–Crippen LogP) is 2.79. The maximum Gasteiger partial charge on any atom is 0.293 e. The Kier molecular flexibility index (Phi) is 5.78. The highest BCUT2D eigenvalue weighted by Crippen LogP contribution is 2.29. The van der Waals surface area contributed by atoms with Crippen LogP contribution in [0.1, 0.15) is 17.0 Å². The Labute approximate surface area is 167 Å². The molecule has 2 aromatic carbocycles. The Morgan fingerprint density at radius 1 is 1.14 bits per heavy atom. The fourth-order valence-electron chi connectivity index (χ4n) is 2.78. The number of nitro groups is 1. The molecule has 0 spiro atoms. The van der Waals surface area contributed by atoms with E-state index in [9.17, 15) is 18.5 Å². The molecule has 0 atom stereocenters. The molecule has 1 aromatic heterocycles. The van der Waals surface area contributed by atoms with E-state index >= 15 is 0 Å². The molecule has 0 unspecified atom stereocenters. The number of hydrogen-bond acceptors (Lipinski definition) is 7. The van der Waals surface area contributed by atoms with E-state index in [0.717, 1.165) is 17.2 Å². The first-order chi connectivity index (χ1) is 13.8. The monoisotopic (exact) mass is 416 g/mol. The maximum atomic E-state index is 12.7. The minimum Gasteiger partial charge on any atom is -0.379 e. The molecule has 0 saturated heterocycles. The molecule has 0 aliphatic heterocycles. The number of nitro benzene ring substituents is 1. The van der Waals surface area contributed by atoms with Gasteiger partial charge in [0, 0.05) is 19.0 Å². The molecule has 1 heterocycles. The van der Waals surface area contributed by atoms with Crippen molar-refractivity contribution in [3.63, 3.8) is 0 Å². The SMILES string of the molecule is Cc1ccc(NS(=O)(=O)c2ccc(NCCc3ncn[nH]3)c([N+](=O)[O-])c2)c(C)c1. The lowest BCUT2D eigenvalue weighted by Gasteiger charge is -2.12. The molecule has 10 nitrogen and oxygen atoms in total. The minimum atomic E-state index is -3.98. The van der Waals surface area contributed by atoms with Crippen LogP contribution in [0.4, 0.5) is 17.1 Å². The Morgan fingerprint density at radius 3 is 2.55 bits per heavy atom. The Bertz CT molecular complexity index is 1130. The minimum absolute atomic E-state index is 0.190. The quantitative estimate of drug-likeness (QED) is 0.378. The van der Waals surface area contributed by atoms with Crippen molar-refractivity contribution in [2.24, 2.45) is 0 Å². The van der Waals surface area contributed by atoms with Crippen LogP contribution < -0.4 is 10.0 Å². The predicted molar refractivity (Wildman–Crippen MR) is 108 cm³/mol. The average Bonchev–Trinajstić information content (AvgIpc) is 3.17. The second-order valence-electron chi connectivity index (χ2n) is 6.47. The van der Waals surface area contributed by atoms with Crippen molar-refractivity contribution in [1.29, 1.82) is 0 Å². The third-order valence-corrected chi connectivity index (χ3v) is 5.61. The van der Waals surface area contributed by atoms with E-state index in [1.165, 1.54) is 18.5 Å². The zero-order chi connectivity index (χ0) is 21.0. The van der Waals surface area contributed by atoms with Gasteiger partial charge in [-0.15, -0.1) is 0 Å². The largest absolute Gasteiger partial charge is 0.379 e. The van der Waals surface area contributed by atoms with E-state index in [0.29, 0.717) is 24.5 Å². The Hall–Kier alpha value is -3.47. The number of nitrogens with zero attached hydrogens (tertiary/aromatic N) is 3. The molecule has 0 fully saturated rings. The number of benzene rings is 2. The second-order valence-corrected chi connectivity index (χ2v) is 8.15. The highest BCUT2D eigenvalue weighted by atomic mass is 32.2. The third-order valence-electron chi connectivity index (χ3n) is 4.24. The Morgan fingerprint density at radius 2 is 1.90 bits per heavy atom. The molecule has 0 radical (unpaired) electrons. The molecule has 11 heteroatoms. The first-order valence-electron chi connectivity index (χ1n) is 8.73. The van der Waals surface area contributed by atoms with Crippen molar-refractivity contribution >= 4 is 27.1 Å². The Balaban J connectivity index is 1.81. The van der Waals surface area contributed by atoms with Gasteiger partial charge in [-0.05, 0) is 37.6 Å². The van der Waals surface area contributed by atoms with E-state index in [4.69, 9.17) is 0 Å². The van der Waals surface area contributed by atoms with E-state index in [2.05, 4.69) is 25.2 Å². The zero-order valence-corrected chi connectivity index (χ0v) is 16.7. The van der Waals surface area contributed by atoms with Crippen molar-refractivity contribution in [2.75, 3.05) is 16.6 Å². The van der Waals surface area contributed by atoms with E-state index < -0.39 is 14.9 Å². The summed E-state index contributed by atoms with van der Waals surface area (Å²) in [6.45, 7) is 4.06. The van der Waals surface area contributed by atoms with Crippen LogP contribution in [0.25, 0.3) is 0 Å². The molecule has 0 aliphatic carbocycles. The lowest BCUT2D eigenvalue weighted by Crippen LogP contribution is -2.15. The van der Waals surface area contributed by atoms with Gasteiger partial charge in [0.25, 0.3) is 15.7 Å². The summed E-state index contributed by atoms with van der Waals surface area (Å²) in [7, 11) is -3.98. The van der Waals surface area contributed by atoms with Crippen LogP contribution in [0, 0.1) is 24.0 Å². The lowest BCUT2D eigenvalue weighted by atomic mass is 10.1. The van der Waals surface area contributed by atoms with E-state index in [1.807, 2.05) is 13.0 Å². The van der Waals surface area contributed by atoms with Crippen molar-refractivity contribution < 1.29 is 13.3 Å². The third kappa shape index (κ3) is 4.88. The van der Waals surface area contributed by atoms with Crippen molar-refractivity contribution in [1.82, 2.24) is 15.2 Å². The number of rotatable bonds is 8. The van der Waals surface area contributed by atoms with Gasteiger partial charge in [0.2, 0.25) is 0 Å². The summed E-state index contributed by atoms with van der Waals surface area (Å²) in [5, 5.41) is 20.8. The number of anilines is 2. The van der Waals surface area contributed by atoms with Gasteiger partial charge < -0.3 is 5.32 Å². The van der Waals surface area contributed by atoms with Gasteiger partial charge in [0.1, 0.15) is 17.8 Å². The first-order valence-corrected chi connectivity index (χ1v) is 10.2. The summed E-state index contributed by atoms with van der Waals surface area (Å²) in [5.41, 5.74) is 2.08. The van der Waals surface area contributed by atoms with Crippen molar-refractivity contribution in [3.05, 3.63) is 69.8 Å². The summed E-state index contributed by atoms with van der Waals surface area (Å²) in [5.74, 6) is 0.636. The van der Waals surface area contributed by atoms with Crippen molar-refractivity contribution in [3.8, 4) is 0 Å². The summed E-state index contributed by atoms with van der Waals surface area (Å²) in [6, 6.07) is 9.06. The highest BCUT2D eigenvalue weighted by Gasteiger charge is 2.22. The van der Waals surface area contributed by atoms with Crippen LogP contribution in [0.2, 0.25) is 0 Å². The lowest BCUT2D eigenvalue weighted by molar-refractivity contribution is -0.384. The van der Waals surface area contributed by atoms with Crippen LogP contribution in [0.3, 0.4) is 0 Å². The molecule has 0 amide bonds. The van der Waals surface area contributed by atoms with Crippen LogP contribution in [0.15, 0.2) is 47.6 Å². The van der Waals surface area contributed by atoms with Crippen LogP contribution in [-0.2, 0) is 16.4 Å². The molecule has 29 heavy (non-hydrogen) atoms.